The summed E-state index contributed by atoms with van der Waals surface area (Å²) in [6, 6.07) is 0. The molecule has 0 aromatic carbocycles. The lowest BCUT2D eigenvalue weighted by molar-refractivity contribution is -0.120. The number of hydrogen-bond donors (Lipinski definition) is 1. The van der Waals surface area contributed by atoms with Gasteiger partial charge in [0.15, 0.2) is 0 Å². The van der Waals surface area contributed by atoms with Crippen LogP contribution in [0.3, 0.4) is 0 Å². The topological polar surface area (TPSA) is 43.1 Å². The van der Waals surface area contributed by atoms with Crippen LogP contribution in [0.4, 0.5) is 0 Å². The molecule has 0 spiro atoms. The summed E-state index contributed by atoms with van der Waals surface area (Å²) in [6.07, 6.45) is 8.17. The maximum absolute atomic E-state index is 11.9. The average molecular weight is 223 g/mol. The highest BCUT2D eigenvalue weighted by Gasteiger charge is 2.39. The van der Waals surface area contributed by atoms with Gasteiger partial charge in [-0.1, -0.05) is 13.3 Å². The number of hydrogen-bond acceptors (Lipinski definition) is 2. The van der Waals surface area contributed by atoms with E-state index in [9.17, 15) is 4.79 Å². The number of fused-ring (bicyclic) bond motifs is 2. The highest BCUT2D eigenvalue weighted by Crippen LogP contribution is 2.49. The summed E-state index contributed by atoms with van der Waals surface area (Å²) in [6.45, 7) is 2.84. The number of rotatable bonds is 6. The molecule has 0 heterocycles. The van der Waals surface area contributed by atoms with E-state index in [-0.39, 0.29) is 0 Å². The first-order valence-corrected chi connectivity index (χ1v) is 6.90. The highest BCUT2D eigenvalue weighted by molar-refractivity contribution is 5.78. The maximum atomic E-state index is 11.9. The lowest BCUT2D eigenvalue weighted by atomic mass is 9.84. The Morgan fingerprint density at radius 1 is 1.38 bits per heavy atom. The summed E-state index contributed by atoms with van der Waals surface area (Å²) in [4.78, 5) is 11.9. The van der Waals surface area contributed by atoms with Crippen molar-refractivity contribution in [1.29, 1.82) is 0 Å². The second-order valence-electron chi connectivity index (χ2n) is 6.06. The third-order valence-corrected chi connectivity index (χ3v) is 4.69. The Kier molecular flexibility index (Phi) is 4.01. The van der Waals surface area contributed by atoms with Crippen LogP contribution in [-0.2, 0) is 4.79 Å². The minimum Gasteiger partial charge on any atom is -0.330 e. The van der Waals surface area contributed by atoms with E-state index >= 15 is 0 Å². The third-order valence-electron chi connectivity index (χ3n) is 4.69. The molecule has 0 saturated heterocycles. The molecule has 2 fully saturated rings. The van der Waals surface area contributed by atoms with Gasteiger partial charge in [0.25, 0.3) is 0 Å². The van der Waals surface area contributed by atoms with Gasteiger partial charge in [-0.25, -0.2) is 0 Å². The molecule has 2 heteroatoms. The van der Waals surface area contributed by atoms with Crippen LogP contribution in [0, 0.1) is 23.7 Å². The maximum Gasteiger partial charge on any atom is 0.133 e. The van der Waals surface area contributed by atoms with Gasteiger partial charge in [-0.15, -0.1) is 0 Å². The summed E-state index contributed by atoms with van der Waals surface area (Å²) in [5.41, 5.74) is 5.56. The molecule has 4 unspecified atom stereocenters. The molecular weight excluding hydrogens is 198 g/mol. The van der Waals surface area contributed by atoms with Gasteiger partial charge in [0.2, 0.25) is 0 Å². The lowest BCUT2D eigenvalue weighted by Gasteiger charge is -2.20. The summed E-state index contributed by atoms with van der Waals surface area (Å²) in [5, 5.41) is 0. The van der Waals surface area contributed by atoms with Crippen molar-refractivity contribution in [3.8, 4) is 0 Å². The molecule has 2 aliphatic rings. The largest absolute Gasteiger partial charge is 0.330 e. The van der Waals surface area contributed by atoms with Crippen molar-refractivity contribution >= 4 is 5.78 Å². The number of nitrogens with two attached hydrogens (primary N) is 1. The molecule has 2 bridgehead atoms. The first-order valence-electron chi connectivity index (χ1n) is 6.90. The zero-order valence-electron chi connectivity index (χ0n) is 10.5. The van der Waals surface area contributed by atoms with E-state index in [0.29, 0.717) is 18.2 Å². The fraction of sp³-hybridized carbons (Fsp3) is 0.929. The minimum absolute atomic E-state index is 0.484. The summed E-state index contributed by atoms with van der Waals surface area (Å²) in [7, 11) is 0. The number of carbonyl (C=O) groups is 1. The van der Waals surface area contributed by atoms with E-state index in [0.717, 1.165) is 37.0 Å². The van der Waals surface area contributed by atoms with Crippen LogP contribution in [0.25, 0.3) is 0 Å². The Hall–Kier alpha value is -0.370. The van der Waals surface area contributed by atoms with E-state index < -0.39 is 0 Å². The highest BCUT2D eigenvalue weighted by atomic mass is 16.1. The molecule has 0 aliphatic heterocycles. The Labute approximate surface area is 99.0 Å². The zero-order chi connectivity index (χ0) is 11.5. The molecule has 2 aliphatic carbocycles. The van der Waals surface area contributed by atoms with Gasteiger partial charge in [-0.3, -0.25) is 4.79 Å². The van der Waals surface area contributed by atoms with Crippen LogP contribution in [0.2, 0.25) is 0 Å². The predicted octanol–water partition coefficient (Wildman–Crippen LogP) is 2.76. The van der Waals surface area contributed by atoms with Gasteiger partial charge >= 0.3 is 0 Å². The average Bonchev–Trinajstić information content (AvgIpc) is 2.87. The standard InChI is InChI=1S/C14H25NO/c1-10(9-15)2-5-14(16)8-13-7-11-3-4-12(13)6-11/h10-13H,2-9,15H2,1H3. The van der Waals surface area contributed by atoms with Crippen molar-refractivity contribution in [3.63, 3.8) is 0 Å². The molecule has 92 valence electrons. The summed E-state index contributed by atoms with van der Waals surface area (Å²) >= 11 is 0. The van der Waals surface area contributed by atoms with E-state index in [1.165, 1.54) is 25.7 Å². The van der Waals surface area contributed by atoms with Gasteiger partial charge in [-0.2, -0.15) is 0 Å². The number of carbonyl (C=O) groups excluding carboxylic acids is 1. The quantitative estimate of drug-likeness (QED) is 0.752. The smallest absolute Gasteiger partial charge is 0.133 e. The van der Waals surface area contributed by atoms with Crippen molar-refractivity contribution in [2.24, 2.45) is 29.4 Å². The van der Waals surface area contributed by atoms with Crippen LogP contribution >= 0.6 is 0 Å². The Morgan fingerprint density at radius 3 is 2.75 bits per heavy atom. The Balaban J connectivity index is 1.67. The number of Topliss-reactive ketones (excluding diaryl/α,β-unsaturated/α-hetero) is 1. The van der Waals surface area contributed by atoms with Crippen molar-refractivity contribution in [3.05, 3.63) is 0 Å². The van der Waals surface area contributed by atoms with E-state index in [1.54, 1.807) is 0 Å². The molecule has 2 saturated carbocycles. The molecule has 0 radical (unpaired) electrons. The van der Waals surface area contributed by atoms with Crippen molar-refractivity contribution < 1.29 is 4.79 Å². The second kappa shape index (κ2) is 5.31. The van der Waals surface area contributed by atoms with Crippen LogP contribution in [0.5, 0.6) is 0 Å². The normalized spacial score (nSPS) is 34.2. The van der Waals surface area contributed by atoms with Gasteiger partial charge in [-0.05, 0) is 55.9 Å². The molecule has 2 N–H and O–H groups in total. The first kappa shape index (κ1) is 12.1. The van der Waals surface area contributed by atoms with Crippen molar-refractivity contribution in [2.45, 2.75) is 51.9 Å². The van der Waals surface area contributed by atoms with Crippen molar-refractivity contribution in [1.82, 2.24) is 0 Å². The van der Waals surface area contributed by atoms with Crippen LogP contribution in [0.15, 0.2) is 0 Å². The first-order chi connectivity index (χ1) is 7.69. The lowest BCUT2D eigenvalue weighted by Crippen LogP contribution is -2.17. The predicted molar refractivity (Wildman–Crippen MR) is 66.0 cm³/mol. The van der Waals surface area contributed by atoms with E-state index in [4.69, 9.17) is 5.73 Å². The molecule has 2 nitrogen and oxygen atoms in total. The Bertz CT molecular complexity index is 251. The van der Waals surface area contributed by atoms with Gasteiger partial charge in [0.1, 0.15) is 5.78 Å². The third kappa shape index (κ3) is 2.85. The summed E-state index contributed by atoms with van der Waals surface area (Å²) < 4.78 is 0. The van der Waals surface area contributed by atoms with Gasteiger partial charge < -0.3 is 5.73 Å². The molecule has 16 heavy (non-hydrogen) atoms. The molecular formula is C14H25NO. The fourth-order valence-electron chi connectivity index (χ4n) is 3.55. The zero-order valence-corrected chi connectivity index (χ0v) is 10.5. The van der Waals surface area contributed by atoms with Crippen LogP contribution in [0.1, 0.15) is 51.9 Å². The second-order valence-corrected chi connectivity index (χ2v) is 6.06. The van der Waals surface area contributed by atoms with Gasteiger partial charge in [0, 0.05) is 12.8 Å². The van der Waals surface area contributed by atoms with E-state index in [2.05, 4.69) is 6.92 Å². The van der Waals surface area contributed by atoms with Gasteiger partial charge in [0.05, 0.1) is 0 Å². The molecule has 0 amide bonds. The molecule has 2 rings (SSSR count). The fourth-order valence-corrected chi connectivity index (χ4v) is 3.55. The van der Waals surface area contributed by atoms with Crippen molar-refractivity contribution in [2.75, 3.05) is 6.54 Å². The SMILES string of the molecule is CC(CN)CCC(=O)CC1CC2CCC1C2. The molecule has 0 aromatic rings. The van der Waals surface area contributed by atoms with E-state index in [1.807, 2.05) is 0 Å². The molecule has 4 atom stereocenters. The minimum atomic E-state index is 0.484. The molecule has 0 aromatic heterocycles. The monoisotopic (exact) mass is 223 g/mol. The number of ketones is 1. The van der Waals surface area contributed by atoms with Crippen LogP contribution in [-0.4, -0.2) is 12.3 Å². The Morgan fingerprint density at radius 2 is 2.19 bits per heavy atom. The summed E-state index contributed by atoms with van der Waals surface area (Å²) in [5.74, 6) is 3.58. The van der Waals surface area contributed by atoms with Crippen LogP contribution < -0.4 is 5.73 Å².